The van der Waals surface area contributed by atoms with Crippen molar-refractivity contribution in [3.05, 3.63) is 34.4 Å². The van der Waals surface area contributed by atoms with Crippen LogP contribution in [0.15, 0.2) is 32.1 Å². The zero-order valence-electron chi connectivity index (χ0n) is 10.2. The van der Waals surface area contributed by atoms with Gasteiger partial charge >= 0.3 is 0 Å². The van der Waals surface area contributed by atoms with Gasteiger partial charge in [0.2, 0.25) is 5.89 Å². The Balaban J connectivity index is 2.02. The molecule has 6 heteroatoms. The topological polar surface area (TPSA) is 64.9 Å². The smallest absolute Gasteiger partial charge is 0.229 e. The quantitative estimate of drug-likeness (QED) is 0.682. The Morgan fingerprint density at radius 2 is 2.22 bits per heavy atom. The average Bonchev–Trinajstić information content (AvgIpc) is 2.76. The fraction of sp³-hybridized carbons (Fsp3) is 0.333. The number of nitrogen functional groups attached to an aromatic ring is 1. The number of halogens is 1. The molecule has 2 N–H and O–H groups in total. The molecule has 4 nitrogen and oxygen atoms in total. The van der Waals surface area contributed by atoms with Crippen molar-refractivity contribution in [3.63, 3.8) is 0 Å². The maximum atomic E-state index is 5.92. The third kappa shape index (κ3) is 3.26. The summed E-state index contributed by atoms with van der Waals surface area (Å²) in [5, 5.41) is 3.94. The minimum Gasteiger partial charge on any atom is -0.398 e. The average molecular weight is 328 g/mol. The van der Waals surface area contributed by atoms with E-state index in [-0.39, 0.29) is 5.92 Å². The van der Waals surface area contributed by atoms with E-state index < -0.39 is 0 Å². The van der Waals surface area contributed by atoms with E-state index in [2.05, 4.69) is 26.1 Å². The lowest BCUT2D eigenvalue weighted by atomic mass is 10.2. The molecule has 1 heterocycles. The first-order valence-electron chi connectivity index (χ1n) is 5.56. The fourth-order valence-electron chi connectivity index (χ4n) is 1.35. The van der Waals surface area contributed by atoms with Crippen LogP contribution in [0.5, 0.6) is 0 Å². The van der Waals surface area contributed by atoms with Gasteiger partial charge in [-0.2, -0.15) is 4.98 Å². The van der Waals surface area contributed by atoms with E-state index in [1.807, 2.05) is 32.0 Å². The number of thioether (sulfide) groups is 1. The first kappa shape index (κ1) is 13.4. The minimum atomic E-state index is 0.258. The highest BCUT2D eigenvalue weighted by molar-refractivity contribution is 9.10. The van der Waals surface area contributed by atoms with Crippen molar-refractivity contribution in [2.45, 2.75) is 30.4 Å². The Morgan fingerprint density at radius 1 is 1.44 bits per heavy atom. The van der Waals surface area contributed by atoms with Crippen molar-refractivity contribution in [2.24, 2.45) is 0 Å². The number of aromatic nitrogens is 2. The predicted molar refractivity (Wildman–Crippen MR) is 76.5 cm³/mol. The van der Waals surface area contributed by atoms with Gasteiger partial charge < -0.3 is 10.3 Å². The van der Waals surface area contributed by atoms with Crippen LogP contribution < -0.4 is 5.73 Å². The molecule has 0 atom stereocenters. The molecule has 0 saturated carbocycles. The summed E-state index contributed by atoms with van der Waals surface area (Å²) in [5.41, 5.74) is 6.68. The fourth-order valence-corrected chi connectivity index (χ4v) is 2.52. The predicted octanol–water partition coefficient (Wildman–Crippen LogP) is 3.83. The van der Waals surface area contributed by atoms with E-state index in [0.29, 0.717) is 17.5 Å². The molecule has 1 aromatic heterocycles. The van der Waals surface area contributed by atoms with Crippen LogP contribution in [0.2, 0.25) is 0 Å². The first-order chi connectivity index (χ1) is 8.56. The standard InChI is InChI=1S/C12H14BrN3OS/c1-7(2)12-15-11(16-17-12)6-18-10-4-3-8(13)5-9(10)14/h3-5,7H,6,14H2,1-2H3. The van der Waals surface area contributed by atoms with E-state index in [4.69, 9.17) is 10.3 Å². The highest BCUT2D eigenvalue weighted by Crippen LogP contribution is 2.29. The van der Waals surface area contributed by atoms with E-state index >= 15 is 0 Å². The molecule has 0 bridgehead atoms. The van der Waals surface area contributed by atoms with Gasteiger partial charge in [0.25, 0.3) is 0 Å². The maximum absolute atomic E-state index is 5.92. The molecule has 18 heavy (non-hydrogen) atoms. The second kappa shape index (κ2) is 5.75. The van der Waals surface area contributed by atoms with Gasteiger partial charge in [0.05, 0.1) is 5.75 Å². The number of benzene rings is 1. The Hall–Kier alpha value is -1.01. The van der Waals surface area contributed by atoms with Crippen molar-refractivity contribution >= 4 is 33.4 Å². The number of hydrogen-bond acceptors (Lipinski definition) is 5. The molecule has 0 fully saturated rings. The van der Waals surface area contributed by atoms with Gasteiger partial charge in [-0.15, -0.1) is 11.8 Å². The highest BCUT2D eigenvalue weighted by atomic mass is 79.9. The summed E-state index contributed by atoms with van der Waals surface area (Å²) in [4.78, 5) is 5.35. The number of nitrogens with zero attached hydrogens (tertiary/aromatic N) is 2. The van der Waals surface area contributed by atoms with Crippen LogP contribution in [0.3, 0.4) is 0 Å². The van der Waals surface area contributed by atoms with Crippen molar-refractivity contribution in [3.8, 4) is 0 Å². The lowest BCUT2D eigenvalue weighted by molar-refractivity contribution is 0.362. The van der Waals surface area contributed by atoms with Gasteiger partial charge in [-0.3, -0.25) is 0 Å². The van der Waals surface area contributed by atoms with Crippen molar-refractivity contribution in [2.75, 3.05) is 5.73 Å². The van der Waals surface area contributed by atoms with Gasteiger partial charge in [-0.25, -0.2) is 0 Å². The molecule has 0 aliphatic carbocycles. The molecular weight excluding hydrogens is 314 g/mol. The Labute approximate surface area is 118 Å². The van der Waals surface area contributed by atoms with Crippen molar-refractivity contribution in [1.82, 2.24) is 10.1 Å². The monoisotopic (exact) mass is 327 g/mol. The van der Waals surface area contributed by atoms with E-state index in [1.54, 1.807) is 11.8 Å². The summed E-state index contributed by atoms with van der Waals surface area (Å²) < 4.78 is 6.13. The second-order valence-corrected chi connectivity index (χ2v) is 6.11. The van der Waals surface area contributed by atoms with Crippen LogP contribution in [0.4, 0.5) is 5.69 Å². The number of nitrogens with two attached hydrogens (primary N) is 1. The summed E-state index contributed by atoms with van der Waals surface area (Å²) >= 11 is 4.99. The molecule has 0 aliphatic rings. The summed E-state index contributed by atoms with van der Waals surface area (Å²) in [6, 6.07) is 5.83. The van der Waals surface area contributed by atoms with Crippen LogP contribution in [0.25, 0.3) is 0 Å². The lowest BCUT2D eigenvalue weighted by Gasteiger charge is -2.03. The van der Waals surface area contributed by atoms with Gasteiger partial charge in [-0.1, -0.05) is 34.9 Å². The third-order valence-electron chi connectivity index (χ3n) is 2.31. The largest absolute Gasteiger partial charge is 0.398 e. The summed E-state index contributed by atoms with van der Waals surface area (Å²) in [6.07, 6.45) is 0. The van der Waals surface area contributed by atoms with E-state index in [0.717, 1.165) is 15.1 Å². The maximum Gasteiger partial charge on any atom is 0.229 e. The number of hydrogen-bond donors (Lipinski definition) is 1. The zero-order chi connectivity index (χ0) is 13.1. The van der Waals surface area contributed by atoms with Gasteiger partial charge in [0, 0.05) is 21.0 Å². The van der Waals surface area contributed by atoms with Crippen LogP contribution in [-0.2, 0) is 5.75 Å². The molecule has 2 rings (SSSR count). The zero-order valence-corrected chi connectivity index (χ0v) is 12.6. The number of anilines is 1. The number of rotatable bonds is 4. The molecule has 1 aromatic carbocycles. The molecule has 96 valence electrons. The highest BCUT2D eigenvalue weighted by Gasteiger charge is 2.10. The normalized spacial score (nSPS) is 11.1. The summed E-state index contributed by atoms with van der Waals surface area (Å²) in [5.74, 6) is 2.29. The Bertz CT molecular complexity index is 542. The summed E-state index contributed by atoms with van der Waals surface area (Å²) in [7, 11) is 0. The van der Waals surface area contributed by atoms with Crippen LogP contribution in [0.1, 0.15) is 31.5 Å². The second-order valence-electron chi connectivity index (χ2n) is 4.17. The molecule has 0 saturated heterocycles. The van der Waals surface area contributed by atoms with Crippen LogP contribution in [-0.4, -0.2) is 10.1 Å². The first-order valence-corrected chi connectivity index (χ1v) is 7.34. The van der Waals surface area contributed by atoms with Crippen LogP contribution in [0, 0.1) is 0 Å². The molecule has 2 aromatic rings. The molecule has 0 spiro atoms. The van der Waals surface area contributed by atoms with Crippen molar-refractivity contribution < 1.29 is 4.52 Å². The Morgan fingerprint density at radius 3 is 2.83 bits per heavy atom. The van der Waals surface area contributed by atoms with Gasteiger partial charge in [-0.05, 0) is 18.2 Å². The summed E-state index contributed by atoms with van der Waals surface area (Å²) in [6.45, 7) is 4.05. The minimum absolute atomic E-state index is 0.258. The van der Waals surface area contributed by atoms with Gasteiger partial charge in [0.15, 0.2) is 5.82 Å². The molecule has 0 unspecified atom stereocenters. The van der Waals surface area contributed by atoms with E-state index in [9.17, 15) is 0 Å². The van der Waals surface area contributed by atoms with E-state index in [1.165, 1.54) is 0 Å². The SMILES string of the molecule is CC(C)c1nc(CSc2ccc(Br)cc2N)no1. The third-order valence-corrected chi connectivity index (χ3v) is 3.88. The Kier molecular flexibility index (Phi) is 4.29. The van der Waals surface area contributed by atoms with Gasteiger partial charge in [0.1, 0.15) is 0 Å². The molecule has 0 aliphatic heterocycles. The molecular formula is C12H14BrN3OS. The molecule has 0 amide bonds. The lowest BCUT2D eigenvalue weighted by Crippen LogP contribution is -1.91. The molecule has 0 radical (unpaired) electrons. The van der Waals surface area contributed by atoms with Crippen LogP contribution >= 0.6 is 27.7 Å². The van der Waals surface area contributed by atoms with Crippen molar-refractivity contribution in [1.29, 1.82) is 0 Å².